The maximum absolute atomic E-state index is 14.0. The van der Waals surface area contributed by atoms with E-state index in [0.29, 0.717) is 0 Å². The SMILES string of the molecule is CCOC(=O)c1ccc(/C=C/C(c2cc(Cl)c(F)c(Cl)c2)C(F)(F)F)cc1F. The van der Waals surface area contributed by atoms with Gasteiger partial charge in [-0.25, -0.2) is 13.6 Å². The molecule has 0 fully saturated rings. The van der Waals surface area contributed by atoms with E-state index >= 15 is 0 Å². The molecule has 150 valence electrons. The van der Waals surface area contributed by atoms with E-state index in [1.165, 1.54) is 6.07 Å². The lowest BCUT2D eigenvalue weighted by Gasteiger charge is -2.18. The third-order valence-electron chi connectivity index (χ3n) is 3.69. The molecule has 2 aromatic rings. The van der Waals surface area contributed by atoms with Crippen molar-refractivity contribution in [3.8, 4) is 0 Å². The van der Waals surface area contributed by atoms with E-state index in [0.717, 1.165) is 36.4 Å². The molecule has 0 radical (unpaired) electrons. The van der Waals surface area contributed by atoms with E-state index in [9.17, 15) is 26.7 Å². The molecule has 2 aromatic carbocycles. The van der Waals surface area contributed by atoms with Crippen LogP contribution in [-0.2, 0) is 4.74 Å². The lowest BCUT2D eigenvalue weighted by atomic mass is 9.96. The Morgan fingerprint density at radius 3 is 2.25 bits per heavy atom. The van der Waals surface area contributed by atoms with Crippen LogP contribution in [-0.4, -0.2) is 18.8 Å². The summed E-state index contributed by atoms with van der Waals surface area (Å²) in [5.41, 5.74) is -0.619. The highest BCUT2D eigenvalue weighted by molar-refractivity contribution is 6.35. The van der Waals surface area contributed by atoms with Gasteiger partial charge in [0.15, 0.2) is 5.82 Å². The second-order valence-corrected chi connectivity index (χ2v) is 6.45. The molecule has 0 heterocycles. The Labute approximate surface area is 167 Å². The lowest BCUT2D eigenvalue weighted by molar-refractivity contribution is -0.139. The third kappa shape index (κ3) is 5.23. The molecule has 0 bridgehead atoms. The Bertz CT molecular complexity index is 887. The van der Waals surface area contributed by atoms with Gasteiger partial charge in [-0.15, -0.1) is 0 Å². The number of halogens is 7. The molecule has 0 N–H and O–H groups in total. The van der Waals surface area contributed by atoms with Crippen LogP contribution >= 0.6 is 23.2 Å². The van der Waals surface area contributed by atoms with Crippen LogP contribution in [0.2, 0.25) is 10.0 Å². The van der Waals surface area contributed by atoms with Crippen molar-refractivity contribution in [3.63, 3.8) is 0 Å². The summed E-state index contributed by atoms with van der Waals surface area (Å²) >= 11 is 11.2. The van der Waals surface area contributed by atoms with Crippen LogP contribution in [0.1, 0.15) is 34.3 Å². The van der Waals surface area contributed by atoms with Crippen LogP contribution < -0.4 is 0 Å². The van der Waals surface area contributed by atoms with E-state index in [4.69, 9.17) is 23.2 Å². The molecule has 28 heavy (non-hydrogen) atoms. The lowest BCUT2D eigenvalue weighted by Crippen LogP contribution is -2.19. The van der Waals surface area contributed by atoms with Gasteiger partial charge in [0.1, 0.15) is 5.82 Å². The predicted octanol–water partition coefficient (Wildman–Crippen LogP) is 6.81. The normalized spacial score (nSPS) is 13.0. The summed E-state index contributed by atoms with van der Waals surface area (Å²) in [6.45, 7) is 1.61. The number of hydrogen-bond acceptors (Lipinski definition) is 2. The summed E-state index contributed by atoms with van der Waals surface area (Å²) in [5, 5.41) is -1.09. The third-order valence-corrected chi connectivity index (χ3v) is 4.24. The second-order valence-electron chi connectivity index (χ2n) is 5.64. The van der Waals surface area contributed by atoms with E-state index in [-0.39, 0.29) is 23.3 Å². The number of benzene rings is 2. The molecule has 1 atom stereocenters. The molecule has 0 saturated heterocycles. The van der Waals surface area contributed by atoms with Crippen LogP contribution in [0.25, 0.3) is 6.08 Å². The molecule has 0 aromatic heterocycles. The fourth-order valence-corrected chi connectivity index (χ4v) is 2.88. The number of ether oxygens (including phenoxy) is 1. The van der Waals surface area contributed by atoms with Gasteiger partial charge in [-0.3, -0.25) is 0 Å². The summed E-state index contributed by atoms with van der Waals surface area (Å²) in [6, 6.07) is 4.94. The van der Waals surface area contributed by atoms with Gasteiger partial charge in [0, 0.05) is 0 Å². The first kappa shape index (κ1) is 22.2. The zero-order valence-electron chi connectivity index (χ0n) is 14.3. The molecule has 0 spiro atoms. The van der Waals surface area contributed by atoms with Gasteiger partial charge in [0.25, 0.3) is 0 Å². The Morgan fingerprint density at radius 1 is 1.14 bits per heavy atom. The minimum absolute atomic E-state index is 0.0516. The van der Waals surface area contributed by atoms with Crippen molar-refractivity contribution in [2.75, 3.05) is 6.61 Å². The number of hydrogen-bond donors (Lipinski definition) is 0. The number of carbonyl (C=O) groups is 1. The Morgan fingerprint density at radius 2 is 1.75 bits per heavy atom. The fraction of sp³-hybridized carbons (Fsp3) is 0.211. The molecular formula is C19H13Cl2F5O2. The molecular weight excluding hydrogens is 426 g/mol. The molecule has 0 amide bonds. The molecule has 0 aliphatic carbocycles. The van der Waals surface area contributed by atoms with Crippen LogP contribution in [0.15, 0.2) is 36.4 Å². The van der Waals surface area contributed by atoms with Crippen molar-refractivity contribution in [3.05, 3.63) is 74.8 Å². The molecule has 9 heteroatoms. The van der Waals surface area contributed by atoms with Crippen molar-refractivity contribution in [1.82, 2.24) is 0 Å². The maximum Gasteiger partial charge on any atom is 0.399 e. The Hall–Kier alpha value is -2.12. The summed E-state index contributed by atoms with van der Waals surface area (Å²) in [6.07, 6.45) is -2.94. The first-order valence-corrected chi connectivity index (χ1v) is 8.66. The van der Waals surface area contributed by atoms with Crippen LogP contribution in [0.3, 0.4) is 0 Å². The largest absolute Gasteiger partial charge is 0.462 e. The van der Waals surface area contributed by atoms with Crippen LogP contribution in [0.5, 0.6) is 0 Å². The predicted molar refractivity (Wildman–Crippen MR) is 96.6 cm³/mol. The molecule has 0 aliphatic rings. The first-order valence-electron chi connectivity index (χ1n) is 7.90. The summed E-state index contributed by atoms with van der Waals surface area (Å²) < 4.78 is 72.5. The number of alkyl halides is 3. The molecule has 2 nitrogen and oxygen atoms in total. The highest BCUT2D eigenvalue weighted by Gasteiger charge is 2.39. The van der Waals surface area contributed by atoms with Gasteiger partial charge in [0.05, 0.1) is 28.1 Å². The van der Waals surface area contributed by atoms with E-state index < -0.39 is 39.7 Å². The van der Waals surface area contributed by atoms with Gasteiger partial charge in [-0.1, -0.05) is 41.4 Å². The quantitative estimate of drug-likeness (QED) is 0.291. The number of rotatable bonds is 5. The van der Waals surface area contributed by atoms with Crippen molar-refractivity contribution >= 4 is 35.2 Å². The highest BCUT2D eigenvalue weighted by Crippen LogP contribution is 2.39. The molecule has 1 unspecified atom stereocenters. The standard InChI is InChI=1S/C19H13Cl2F5O2/c1-2-28-18(27)12-5-3-10(7-16(12)22)4-6-13(19(24,25)26)11-8-14(20)17(23)15(21)9-11/h3-9,13H,2H2,1H3/b6-4+. The van der Waals surface area contributed by atoms with E-state index in [1.54, 1.807) is 6.92 Å². The van der Waals surface area contributed by atoms with Gasteiger partial charge in [0.2, 0.25) is 0 Å². The average Bonchev–Trinajstić information content (AvgIpc) is 2.58. The van der Waals surface area contributed by atoms with E-state index in [2.05, 4.69) is 4.74 Å². The van der Waals surface area contributed by atoms with Gasteiger partial charge >= 0.3 is 12.1 Å². The van der Waals surface area contributed by atoms with Crippen molar-refractivity contribution in [2.24, 2.45) is 0 Å². The highest BCUT2D eigenvalue weighted by atomic mass is 35.5. The maximum atomic E-state index is 14.0. The number of allylic oxidation sites excluding steroid dienone is 1. The summed E-state index contributed by atoms with van der Waals surface area (Å²) in [7, 11) is 0. The van der Waals surface area contributed by atoms with Crippen LogP contribution in [0, 0.1) is 11.6 Å². The molecule has 2 rings (SSSR count). The monoisotopic (exact) mass is 438 g/mol. The van der Waals surface area contributed by atoms with Crippen molar-refractivity contribution in [2.45, 2.75) is 19.0 Å². The Balaban J connectivity index is 2.37. The summed E-state index contributed by atoms with van der Waals surface area (Å²) in [5.74, 6) is -4.99. The van der Waals surface area contributed by atoms with Crippen molar-refractivity contribution in [1.29, 1.82) is 0 Å². The van der Waals surface area contributed by atoms with Gasteiger partial charge in [-0.2, -0.15) is 13.2 Å². The average molecular weight is 439 g/mol. The zero-order chi connectivity index (χ0) is 21.1. The van der Waals surface area contributed by atoms with E-state index in [1.807, 2.05) is 0 Å². The minimum atomic E-state index is -4.73. The van der Waals surface area contributed by atoms with Gasteiger partial charge < -0.3 is 4.74 Å². The summed E-state index contributed by atoms with van der Waals surface area (Å²) in [4.78, 5) is 11.6. The minimum Gasteiger partial charge on any atom is -0.462 e. The number of carbonyl (C=O) groups excluding carboxylic acids is 1. The Kier molecular flexibility index (Phi) is 7.06. The molecule has 0 saturated carbocycles. The smallest absolute Gasteiger partial charge is 0.399 e. The molecule has 0 aliphatic heterocycles. The van der Waals surface area contributed by atoms with Gasteiger partial charge in [-0.05, 0) is 42.3 Å². The van der Waals surface area contributed by atoms with Crippen LogP contribution in [0.4, 0.5) is 22.0 Å². The second kappa shape index (κ2) is 8.92. The van der Waals surface area contributed by atoms with Crippen molar-refractivity contribution < 1.29 is 31.5 Å². The number of esters is 1. The topological polar surface area (TPSA) is 26.3 Å². The first-order chi connectivity index (χ1) is 13.0. The fourth-order valence-electron chi connectivity index (χ4n) is 2.38. The zero-order valence-corrected chi connectivity index (χ0v) is 15.8.